The Hall–Kier alpha value is -3.13. The monoisotopic (exact) mass is 453 g/mol. The van der Waals surface area contributed by atoms with E-state index in [0.717, 1.165) is 5.56 Å². The number of hydrogen-bond donors (Lipinski definition) is 1. The van der Waals surface area contributed by atoms with Crippen LogP contribution in [0.5, 0.6) is 5.75 Å². The summed E-state index contributed by atoms with van der Waals surface area (Å²) in [4.78, 5) is 24.2. The quantitative estimate of drug-likeness (QED) is 0.265. The van der Waals surface area contributed by atoms with Gasteiger partial charge >= 0.3 is 0 Å². The average molecular weight is 454 g/mol. The molecule has 0 bridgehead atoms. The molecule has 0 atom stereocenters. The number of nitrogens with one attached hydrogen (secondary N) is 1. The molecule has 0 aliphatic heterocycles. The highest BCUT2D eigenvalue weighted by atomic mass is 32.2. The molecule has 0 aliphatic carbocycles. The molecule has 1 N–H and O–H groups in total. The number of carbonyl (C=O) groups excluding carboxylic acids is 2. The van der Waals surface area contributed by atoms with Crippen molar-refractivity contribution < 1.29 is 18.7 Å². The lowest BCUT2D eigenvalue weighted by molar-refractivity contribution is 0.0931. The van der Waals surface area contributed by atoms with Crippen LogP contribution in [0.15, 0.2) is 58.2 Å². The largest absolute Gasteiger partial charge is 0.492 e. The van der Waals surface area contributed by atoms with Gasteiger partial charge in [-0.3, -0.25) is 9.59 Å². The molecule has 1 heterocycles. The highest BCUT2D eigenvalue weighted by molar-refractivity contribution is 7.99. The van der Waals surface area contributed by atoms with Gasteiger partial charge in [-0.15, -0.1) is 10.2 Å². The van der Waals surface area contributed by atoms with E-state index in [0.29, 0.717) is 46.4 Å². The molecule has 7 nitrogen and oxygen atoms in total. The smallest absolute Gasteiger partial charge is 0.277 e. The minimum Gasteiger partial charge on any atom is -0.492 e. The van der Waals surface area contributed by atoms with Crippen LogP contribution >= 0.6 is 11.8 Å². The molecule has 0 spiro atoms. The summed E-state index contributed by atoms with van der Waals surface area (Å²) in [5.74, 6) is 0.919. The lowest BCUT2D eigenvalue weighted by Crippen LogP contribution is -2.28. The van der Waals surface area contributed by atoms with Crippen LogP contribution in [0.1, 0.15) is 48.4 Å². The summed E-state index contributed by atoms with van der Waals surface area (Å²) >= 11 is 1.52. The minimum atomic E-state index is -0.209. The average Bonchev–Trinajstić information content (AvgIpc) is 3.24. The molecule has 0 radical (unpaired) electrons. The predicted octanol–water partition coefficient (Wildman–Crippen LogP) is 4.88. The molecule has 0 saturated heterocycles. The lowest BCUT2D eigenvalue weighted by Gasteiger charge is -2.09. The maximum absolute atomic E-state index is 12.3. The summed E-state index contributed by atoms with van der Waals surface area (Å²) in [5, 5.41) is 11.8. The maximum Gasteiger partial charge on any atom is 0.277 e. The van der Waals surface area contributed by atoms with Crippen molar-refractivity contribution in [3.63, 3.8) is 0 Å². The van der Waals surface area contributed by atoms with Crippen molar-refractivity contribution >= 4 is 23.5 Å². The van der Waals surface area contributed by atoms with E-state index in [1.807, 2.05) is 38.1 Å². The molecular formula is C24H27N3O4S. The van der Waals surface area contributed by atoms with Gasteiger partial charge in [0.2, 0.25) is 5.89 Å². The summed E-state index contributed by atoms with van der Waals surface area (Å²) in [6.07, 6.45) is 0. The van der Waals surface area contributed by atoms with Crippen molar-refractivity contribution in [2.24, 2.45) is 5.92 Å². The van der Waals surface area contributed by atoms with Gasteiger partial charge in [0, 0.05) is 27.9 Å². The number of ether oxygens (including phenoxy) is 1. The van der Waals surface area contributed by atoms with Gasteiger partial charge in [-0.1, -0.05) is 51.6 Å². The Morgan fingerprint density at radius 3 is 2.25 bits per heavy atom. The molecule has 8 heteroatoms. The first-order chi connectivity index (χ1) is 15.3. The molecule has 0 aliphatic rings. The van der Waals surface area contributed by atoms with Crippen LogP contribution in [-0.4, -0.2) is 40.3 Å². The molecule has 0 saturated carbocycles. The standard InChI is InChI=1S/C24H27N3O4S/c1-15(2)21(28)17-5-7-18(8-6-17)22(29)25-13-14-30-20-11-9-19(10-12-20)23-26-27-24(31-23)32-16(3)4/h5-12,15-16H,13-14H2,1-4H3,(H,25,29). The predicted molar refractivity (Wildman–Crippen MR) is 124 cm³/mol. The second-order valence-corrected chi connectivity index (χ2v) is 9.29. The van der Waals surface area contributed by atoms with Gasteiger partial charge in [0.15, 0.2) is 5.78 Å². The summed E-state index contributed by atoms with van der Waals surface area (Å²) in [6.45, 7) is 8.51. The Morgan fingerprint density at radius 1 is 0.969 bits per heavy atom. The van der Waals surface area contributed by atoms with Gasteiger partial charge in [0.1, 0.15) is 12.4 Å². The normalized spacial score (nSPS) is 11.1. The van der Waals surface area contributed by atoms with E-state index in [2.05, 4.69) is 29.4 Å². The fourth-order valence-electron chi connectivity index (χ4n) is 2.82. The van der Waals surface area contributed by atoms with E-state index in [4.69, 9.17) is 9.15 Å². The van der Waals surface area contributed by atoms with E-state index in [1.165, 1.54) is 11.8 Å². The van der Waals surface area contributed by atoms with Crippen LogP contribution in [0.25, 0.3) is 11.5 Å². The number of ketones is 1. The van der Waals surface area contributed by atoms with Crippen molar-refractivity contribution in [3.05, 3.63) is 59.7 Å². The van der Waals surface area contributed by atoms with Crippen LogP contribution in [0.4, 0.5) is 0 Å². The van der Waals surface area contributed by atoms with Crippen molar-refractivity contribution in [1.29, 1.82) is 0 Å². The summed E-state index contributed by atoms with van der Waals surface area (Å²) in [5.41, 5.74) is 1.93. The van der Waals surface area contributed by atoms with Crippen molar-refractivity contribution in [2.45, 2.75) is 38.2 Å². The van der Waals surface area contributed by atoms with Crippen molar-refractivity contribution in [1.82, 2.24) is 15.5 Å². The Morgan fingerprint density at radius 2 is 1.62 bits per heavy atom. The SMILES string of the molecule is CC(C)Sc1nnc(-c2ccc(OCCNC(=O)c3ccc(C(=O)C(C)C)cc3)cc2)o1. The molecule has 168 valence electrons. The summed E-state index contributed by atoms with van der Waals surface area (Å²) in [7, 11) is 0. The number of hydrogen-bond acceptors (Lipinski definition) is 7. The Bertz CT molecular complexity index is 1040. The van der Waals surface area contributed by atoms with E-state index < -0.39 is 0 Å². The van der Waals surface area contributed by atoms with Gasteiger partial charge in [-0.2, -0.15) is 0 Å². The third kappa shape index (κ3) is 6.43. The highest BCUT2D eigenvalue weighted by Gasteiger charge is 2.12. The second kappa shape index (κ2) is 10.9. The zero-order valence-electron chi connectivity index (χ0n) is 18.6. The number of carbonyl (C=O) groups is 2. The van der Waals surface area contributed by atoms with Gasteiger partial charge in [-0.25, -0.2) is 0 Å². The molecule has 32 heavy (non-hydrogen) atoms. The molecule has 3 rings (SSSR count). The zero-order valence-corrected chi connectivity index (χ0v) is 19.4. The number of Topliss-reactive ketones (excluding diaryl/α,β-unsaturated/α-hetero) is 1. The van der Waals surface area contributed by atoms with Gasteiger partial charge < -0.3 is 14.5 Å². The van der Waals surface area contributed by atoms with Crippen LogP contribution in [0.3, 0.4) is 0 Å². The fourth-order valence-corrected chi connectivity index (χ4v) is 3.44. The molecular weight excluding hydrogens is 426 g/mol. The van der Waals surface area contributed by atoms with Crippen LogP contribution in [0.2, 0.25) is 0 Å². The number of thioether (sulfide) groups is 1. The van der Waals surface area contributed by atoms with Gasteiger partial charge in [0.05, 0.1) is 6.54 Å². The van der Waals surface area contributed by atoms with Crippen LogP contribution in [-0.2, 0) is 0 Å². The third-order valence-electron chi connectivity index (χ3n) is 4.46. The van der Waals surface area contributed by atoms with Crippen LogP contribution in [0, 0.1) is 5.92 Å². The van der Waals surface area contributed by atoms with E-state index >= 15 is 0 Å². The number of amides is 1. The van der Waals surface area contributed by atoms with Gasteiger partial charge in [-0.05, 0) is 36.4 Å². The van der Waals surface area contributed by atoms with Crippen molar-refractivity contribution in [3.8, 4) is 17.2 Å². The molecule has 3 aromatic rings. The number of benzene rings is 2. The first kappa shape index (κ1) is 23.5. The highest BCUT2D eigenvalue weighted by Crippen LogP contribution is 2.26. The minimum absolute atomic E-state index is 0.0605. The van der Waals surface area contributed by atoms with Crippen LogP contribution < -0.4 is 10.1 Å². The second-order valence-electron chi connectivity index (χ2n) is 7.76. The Kier molecular flexibility index (Phi) is 8.05. The summed E-state index contributed by atoms with van der Waals surface area (Å²) in [6, 6.07) is 14.0. The van der Waals surface area contributed by atoms with E-state index in [9.17, 15) is 9.59 Å². The molecule has 1 aromatic heterocycles. The maximum atomic E-state index is 12.3. The molecule has 2 aromatic carbocycles. The first-order valence-corrected chi connectivity index (χ1v) is 11.4. The molecule has 1 amide bonds. The lowest BCUT2D eigenvalue weighted by atomic mass is 10.00. The Balaban J connectivity index is 1.45. The van der Waals surface area contributed by atoms with Gasteiger partial charge in [0.25, 0.3) is 11.1 Å². The Labute approximate surface area is 192 Å². The van der Waals surface area contributed by atoms with Crippen molar-refractivity contribution in [2.75, 3.05) is 13.2 Å². The molecule has 0 fully saturated rings. The zero-order chi connectivity index (χ0) is 23.1. The van der Waals surface area contributed by atoms with E-state index in [1.54, 1.807) is 24.3 Å². The summed E-state index contributed by atoms with van der Waals surface area (Å²) < 4.78 is 11.3. The topological polar surface area (TPSA) is 94.3 Å². The fraction of sp³-hybridized carbons (Fsp3) is 0.333. The number of aromatic nitrogens is 2. The molecule has 0 unspecified atom stereocenters. The first-order valence-electron chi connectivity index (χ1n) is 10.5. The third-order valence-corrected chi connectivity index (χ3v) is 5.29. The van der Waals surface area contributed by atoms with E-state index in [-0.39, 0.29) is 17.6 Å². The number of rotatable bonds is 10. The number of nitrogens with zero attached hydrogens (tertiary/aromatic N) is 2.